The second-order valence-corrected chi connectivity index (χ2v) is 6.08. The smallest absolute Gasteiger partial charge is 0.283 e. The Labute approximate surface area is 148 Å². The van der Waals surface area contributed by atoms with E-state index in [4.69, 9.17) is 11.6 Å². The highest BCUT2D eigenvalue weighted by atomic mass is 35.5. The average molecular weight is 352 g/mol. The molecule has 0 atom stereocenters. The standard InChI is InChI=1S/C18H14ClN5O/c19-15-9-5-4-8-14(15)11-23-12-20-17-16(18(23)25)21-22-24(17)10-13-6-2-1-3-7-13/h1-9,12H,10-11H2. The summed E-state index contributed by atoms with van der Waals surface area (Å²) in [7, 11) is 0. The lowest BCUT2D eigenvalue weighted by Gasteiger charge is -2.07. The summed E-state index contributed by atoms with van der Waals surface area (Å²) in [5, 5.41) is 8.72. The normalized spacial score (nSPS) is 11.1. The molecule has 0 fully saturated rings. The molecule has 6 nitrogen and oxygen atoms in total. The summed E-state index contributed by atoms with van der Waals surface area (Å²) in [5.41, 5.74) is 2.42. The van der Waals surface area contributed by atoms with Crippen LogP contribution in [0.3, 0.4) is 0 Å². The molecule has 4 aromatic rings. The maximum atomic E-state index is 12.7. The van der Waals surface area contributed by atoms with Gasteiger partial charge < -0.3 is 0 Å². The third-order valence-corrected chi connectivity index (χ3v) is 4.33. The predicted molar refractivity (Wildman–Crippen MR) is 95.7 cm³/mol. The summed E-state index contributed by atoms with van der Waals surface area (Å²) in [6.45, 7) is 0.852. The lowest BCUT2D eigenvalue weighted by molar-refractivity contribution is 0.663. The van der Waals surface area contributed by atoms with Gasteiger partial charge in [0.25, 0.3) is 5.56 Å². The van der Waals surface area contributed by atoms with Gasteiger partial charge in [0.05, 0.1) is 13.1 Å². The molecule has 2 heterocycles. The van der Waals surface area contributed by atoms with Gasteiger partial charge >= 0.3 is 0 Å². The second-order valence-electron chi connectivity index (χ2n) is 5.67. The maximum absolute atomic E-state index is 12.7. The van der Waals surface area contributed by atoms with Gasteiger partial charge in [0.1, 0.15) is 6.33 Å². The summed E-state index contributed by atoms with van der Waals surface area (Å²) >= 11 is 6.17. The molecule has 2 aromatic carbocycles. The minimum atomic E-state index is -0.232. The third-order valence-electron chi connectivity index (χ3n) is 3.97. The van der Waals surface area contributed by atoms with Crippen molar-refractivity contribution in [3.63, 3.8) is 0 Å². The van der Waals surface area contributed by atoms with Gasteiger partial charge in [0.15, 0.2) is 11.2 Å². The van der Waals surface area contributed by atoms with Crippen molar-refractivity contribution in [1.29, 1.82) is 0 Å². The van der Waals surface area contributed by atoms with Crippen LogP contribution in [-0.4, -0.2) is 24.5 Å². The van der Waals surface area contributed by atoms with E-state index in [9.17, 15) is 4.79 Å². The molecule has 0 amide bonds. The minimum Gasteiger partial charge on any atom is -0.293 e. The highest BCUT2D eigenvalue weighted by Gasteiger charge is 2.13. The molecule has 0 bridgehead atoms. The second kappa shape index (κ2) is 6.49. The molecule has 0 saturated carbocycles. The molecule has 0 aliphatic carbocycles. The van der Waals surface area contributed by atoms with Gasteiger partial charge in [-0.05, 0) is 17.2 Å². The lowest BCUT2D eigenvalue weighted by atomic mass is 10.2. The summed E-state index contributed by atoms with van der Waals surface area (Å²) in [4.78, 5) is 17.1. The highest BCUT2D eigenvalue weighted by molar-refractivity contribution is 6.31. The van der Waals surface area contributed by atoms with Crippen LogP contribution in [-0.2, 0) is 13.1 Å². The molecule has 7 heteroatoms. The van der Waals surface area contributed by atoms with E-state index in [0.29, 0.717) is 23.8 Å². The number of rotatable bonds is 4. The summed E-state index contributed by atoms with van der Waals surface area (Å²) in [6.07, 6.45) is 1.51. The number of hydrogen-bond donors (Lipinski definition) is 0. The molecule has 25 heavy (non-hydrogen) atoms. The molecule has 2 aromatic heterocycles. The van der Waals surface area contributed by atoms with Crippen LogP contribution in [0.25, 0.3) is 11.2 Å². The minimum absolute atomic E-state index is 0.232. The molecular weight excluding hydrogens is 338 g/mol. The Kier molecular flexibility index (Phi) is 4.03. The van der Waals surface area contributed by atoms with E-state index in [1.165, 1.54) is 10.9 Å². The molecule has 0 aliphatic heterocycles. The van der Waals surface area contributed by atoms with E-state index in [1.807, 2.05) is 48.5 Å². The van der Waals surface area contributed by atoms with Gasteiger partial charge in [0, 0.05) is 5.02 Å². The fourth-order valence-electron chi connectivity index (χ4n) is 2.67. The molecule has 124 valence electrons. The third kappa shape index (κ3) is 3.04. The Morgan fingerprint density at radius 3 is 2.52 bits per heavy atom. The molecule has 0 N–H and O–H groups in total. The maximum Gasteiger partial charge on any atom is 0.283 e. The van der Waals surface area contributed by atoms with Crippen molar-refractivity contribution in [3.05, 3.63) is 87.4 Å². The van der Waals surface area contributed by atoms with Crippen molar-refractivity contribution in [2.45, 2.75) is 13.1 Å². The Hall–Kier alpha value is -2.99. The first-order valence-electron chi connectivity index (χ1n) is 7.78. The van der Waals surface area contributed by atoms with E-state index < -0.39 is 0 Å². The van der Waals surface area contributed by atoms with Crippen LogP contribution in [0.4, 0.5) is 0 Å². The molecular formula is C18H14ClN5O. The number of nitrogens with zero attached hydrogens (tertiary/aromatic N) is 5. The van der Waals surface area contributed by atoms with Crippen molar-refractivity contribution >= 4 is 22.8 Å². The zero-order valence-corrected chi connectivity index (χ0v) is 14.0. The van der Waals surface area contributed by atoms with Crippen LogP contribution in [0.2, 0.25) is 5.02 Å². The van der Waals surface area contributed by atoms with Crippen LogP contribution in [0, 0.1) is 0 Å². The van der Waals surface area contributed by atoms with E-state index in [0.717, 1.165) is 11.1 Å². The van der Waals surface area contributed by atoms with Gasteiger partial charge in [-0.1, -0.05) is 65.3 Å². The quantitative estimate of drug-likeness (QED) is 0.567. The molecule has 0 radical (unpaired) electrons. The van der Waals surface area contributed by atoms with E-state index in [2.05, 4.69) is 15.3 Å². The fraction of sp³-hybridized carbons (Fsp3) is 0.111. The Morgan fingerprint density at radius 2 is 1.72 bits per heavy atom. The highest BCUT2D eigenvalue weighted by Crippen LogP contribution is 2.16. The van der Waals surface area contributed by atoms with Crippen LogP contribution in [0.1, 0.15) is 11.1 Å². The number of benzene rings is 2. The van der Waals surface area contributed by atoms with Crippen molar-refractivity contribution in [3.8, 4) is 0 Å². The molecule has 0 aliphatic rings. The Bertz CT molecular complexity index is 1090. The van der Waals surface area contributed by atoms with Crippen LogP contribution >= 0.6 is 11.6 Å². The monoisotopic (exact) mass is 351 g/mol. The van der Waals surface area contributed by atoms with Gasteiger partial charge in [-0.15, -0.1) is 5.10 Å². The molecule has 0 saturated heterocycles. The first-order chi connectivity index (χ1) is 12.2. The predicted octanol–water partition coefficient (Wildman–Crippen LogP) is 2.74. The van der Waals surface area contributed by atoms with Crippen LogP contribution in [0.15, 0.2) is 65.7 Å². The summed E-state index contributed by atoms with van der Waals surface area (Å²) in [5.74, 6) is 0. The average Bonchev–Trinajstić information content (AvgIpc) is 3.04. The summed E-state index contributed by atoms with van der Waals surface area (Å²) < 4.78 is 3.12. The Morgan fingerprint density at radius 1 is 0.960 bits per heavy atom. The number of halogens is 1. The van der Waals surface area contributed by atoms with E-state index >= 15 is 0 Å². The van der Waals surface area contributed by atoms with Gasteiger partial charge in [-0.3, -0.25) is 9.36 Å². The summed E-state index contributed by atoms with van der Waals surface area (Å²) in [6, 6.07) is 17.3. The van der Waals surface area contributed by atoms with Gasteiger partial charge in [-0.2, -0.15) is 0 Å². The van der Waals surface area contributed by atoms with Crippen molar-refractivity contribution < 1.29 is 0 Å². The van der Waals surface area contributed by atoms with Crippen molar-refractivity contribution in [2.24, 2.45) is 0 Å². The number of fused-ring (bicyclic) bond motifs is 1. The first kappa shape index (κ1) is 15.5. The van der Waals surface area contributed by atoms with Crippen molar-refractivity contribution in [1.82, 2.24) is 24.5 Å². The number of aromatic nitrogens is 5. The van der Waals surface area contributed by atoms with Crippen molar-refractivity contribution in [2.75, 3.05) is 0 Å². The Balaban J connectivity index is 1.70. The number of hydrogen-bond acceptors (Lipinski definition) is 4. The van der Waals surface area contributed by atoms with Crippen LogP contribution in [0.5, 0.6) is 0 Å². The largest absolute Gasteiger partial charge is 0.293 e. The van der Waals surface area contributed by atoms with Crippen LogP contribution < -0.4 is 5.56 Å². The molecule has 4 rings (SSSR count). The molecule has 0 spiro atoms. The zero-order chi connectivity index (χ0) is 17.2. The van der Waals surface area contributed by atoms with Gasteiger partial charge in [-0.25, -0.2) is 9.67 Å². The zero-order valence-electron chi connectivity index (χ0n) is 13.2. The SMILES string of the molecule is O=c1c2nnn(Cc3ccccc3)c2ncn1Cc1ccccc1Cl. The van der Waals surface area contributed by atoms with E-state index in [-0.39, 0.29) is 11.1 Å². The van der Waals surface area contributed by atoms with Gasteiger partial charge in [0.2, 0.25) is 0 Å². The molecule has 0 unspecified atom stereocenters. The topological polar surface area (TPSA) is 65.6 Å². The van der Waals surface area contributed by atoms with E-state index in [1.54, 1.807) is 10.7 Å². The first-order valence-corrected chi connectivity index (χ1v) is 8.16. The fourth-order valence-corrected chi connectivity index (χ4v) is 2.87. The lowest BCUT2D eigenvalue weighted by Crippen LogP contribution is -2.21.